The van der Waals surface area contributed by atoms with Gasteiger partial charge in [-0.25, -0.2) is 15.0 Å². The third-order valence-electron chi connectivity index (χ3n) is 2.67. The molecule has 0 aliphatic rings. The van der Waals surface area contributed by atoms with E-state index in [1.54, 1.807) is 5.51 Å². The highest BCUT2D eigenvalue weighted by Gasteiger charge is 2.12. The molecule has 0 radical (unpaired) electrons. The molecule has 5 nitrogen and oxygen atoms in total. The fourth-order valence-electron chi connectivity index (χ4n) is 1.77. The van der Waals surface area contributed by atoms with Gasteiger partial charge < -0.3 is 5.11 Å². The summed E-state index contributed by atoms with van der Waals surface area (Å²) in [5.74, 6) is -0.206. The van der Waals surface area contributed by atoms with Crippen molar-refractivity contribution in [2.45, 2.75) is 26.7 Å². The molecular formula is C12H13N3O2S. The summed E-state index contributed by atoms with van der Waals surface area (Å²) in [5.41, 5.74) is 5.06. The second-order valence-electron chi connectivity index (χ2n) is 3.96. The van der Waals surface area contributed by atoms with E-state index in [-0.39, 0.29) is 6.42 Å². The molecule has 2 aromatic heterocycles. The van der Waals surface area contributed by atoms with Gasteiger partial charge in [0.2, 0.25) is 0 Å². The molecule has 2 aromatic rings. The highest BCUT2D eigenvalue weighted by atomic mass is 32.1. The van der Waals surface area contributed by atoms with E-state index in [4.69, 9.17) is 5.11 Å². The van der Waals surface area contributed by atoms with E-state index in [2.05, 4.69) is 15.0 Å². The van der Waals surface area contributed by atoms with E-state index in [9.17, 15) is 4.79 Å². The van der Waals surface area contributed by atoms with Crippen LogP contribution in [0.5, 0.6) is 0 Å². The Morgan fingerprint density at radius 1 is 1.33 bits per heavy atom. The van der Waals surface area contributed by atoms with E-state index in [0.29, 0.717) is 12.2 Å². The molecule has 0 saturated heterocycles. The molecule has 2 heterocycles. The number of aryl methyl sites for hydroxylation is 2. The first-order valence-corrected chi connectivity index (χ1v) is 6.46. The molecule has 0 spiro atoms. The van der Waals surface area contributed by atoms with Crippen molar-refractivity contribution in [3.63, 3.8) is 0 Å². The highest BCUT2D eigenvalue weighted by molar-refractivity contribution is 7.07. The maximum Gasteiger partial charge on any atom is 0.303 e. The van der Waals surface area contributed by atoms with Crippen molar-refractivity contribution in [3.8, 4) is 11.5 Å². The van der Waals surface area contributed by atoms with Gasteiger partial charge in [-0.05, 0) is 25.8 Å². The molecule has 6 heteroatoms. The van der Waals surface area contributed by atoms with Crippen LogP contribution in [-0.4, -0.2) is 26.0 Å². The van der Waals surface area contributed by atoms with Gasteiger partial charge in [0, 0.05) is 23.2 Å². The zero-order valence-corrected chi connectivity index (χ0v) is 11.0. The average molecular weight is 263 g/mol. The first-order chi connectivity index (χ1) is 8.58. The number of carboxylic acid groups (broad SMARTS) is 1. The summed E-state index contributed by atoms with van der Waals surface area (Å²) in [5, 5.41) is 10.6. The lowest BCUT2D eigenvalue weighted by Gasteiger charge is -2.08. The van der Waals surface area contributed by atoms with Crippen molar-refractivity contribution in [1.82, 2.24) is 15.0 Å². The van der Waals surface area contributed by atoms with Crippen LogP contribution in [0.25, 0.3) is 11.5 Å². The fourth-order valence-corrected chi connectivity index (χ4v) is 2.30. The number of nitrogens with zero attached hydrogens (tertiary/aromatic N) is 3. The van der Waals surface area contributed by atoms with Crippen LogP contribution < -0.4 is 0 Å². The second-order valence-corrected chi connectivity index (χ2v) is 4.68. The van der Waals surface area contributed by atoms with Crippen molar-refractivity contribution in [1.29, 1.82) is 0 Å². The lowest BCUT2D eigenvalue weighted by molar-refractivity contribution is -0.136. The first-order valence-electron chi connectivity index (χ1n) is 5.52. The molecule has 94 valence electrons. The van der Waals surface area contributed by atoms with Crippen LogP contribution in [0.4, 0.5) is 0 Å². The maximum atomic E-state index is 10.6. The molecule has 0 unspecified atom stereocenters. The van der Waals surface area contributed by atoms with Crippen molar-refractivity contribution in [3.05, 3.63) is 27.8 Å². The van der Waals surface area contributed by atoms with Crippen LogP contribution in [0, 0.1) is 13.8 Å². The summed E-state index contributed by atoms with van der Waals surface area (Å²) >= 11 is 1.50. The Balaban J connectivity index is 2.32. The minimum Gasteiger partial charge on any atom is -0.481 e. The molecule has 0 atom stereocenters. The fraction of sp³-hybridized carbons (Fsp3) is 0.333. The predicted octanol–water partition coefficient (Wildman–Crippen LogP) is 2.23. The summed E-state index contributed by atoms with van der Waals surface area (Å²) in [6.45, 7) is 3.75. The molecule has 18 heavy (non-hydrogen) atoms. The van der Waals surface area contributed by atoms with Crippen LogP contribution in [-0.2, 0) is 11.2 Å². The Hall–Kier alpha value is -1.82. The van der Waals surface area contributed by atoms with E-state index < -0.39 is 5.97 Å². The van der Waals surface area contributed by atoms with E-state index in [1.165, 1.54) is 11.3 Å². The third-order valence-corrected chi connectivity index (χ3v) is 3.26. The normalized spacial score (nSPS) is 10.6. The van der Waals surface area contributed by atoms with Gasteiger partial charge >= 0.3 is 5.97 Å². The quantitative estimate of drug-likeness (QED) is 0.915. The van der Waals surface area contributed by atoms with Crippen LogP contribution in [0.3, 0.4) is 0 Å². The molecule has 0 fully saturated rings. The van der Waals surface area contributed by atoms with Crippen LogP contribution in [0.1, 0.15) is 23.4 Å². The minimum absolute atomic E-state index is 0.0983. The van der Waals surface area contributed by atoms with E-state index in [1.807, 2.05) is 19.2 Å². The SMILES string of the molecule is Cc1nc(-c2cscn2)nc(C)c1CCC(=O)O. The number of hydrogen-bond acceptors (Lipinski definition) is 5. The van der Waals surface area contributed by atoms with Gasteiger partial charge in [0.25, 0.3) is 0 Å². The van der Waals surface area contributed by atoms with Gasteiger partial charge in [0.1, 0.15) is 5.69 Å². The second kappa shape index (κ2) is 5.22. The Kier molecular flexibility index (Phi) is 3.66. The Morgan fingerprint density at radius 3 is 2.50 bits per heavy atom. The molecular weight excluding hydrogens is 250 g/mol. The molecule has 0 amide bonds. The van der Waals surface area contributed by atoms with Crippen LogP contribution in [0.15, 0.2) is 10.9 Å². The lowest BCUT2D eigenvalue weighted by Crippen LogP contribution is -2.06. The van der Waals surface area contributed by atoms with Crippen LogP contribution in [0.2, 0.25) is 0 Å². The molecule has 2 rings (SSSR count). The molecule has 0 aromatic carbocycles. The van der Waals surface area contributed by atoms with E-state index in [0.717, 1.165) is 22.6 Å². The number of carbonyl (C=O) groups is 1. The molecule has 0 aliphatic carbocycles. The van der Waals surface area contributed by atoms with Gasteiger partial charge in [-0.3, -0.25) is 4.79 Å². The third kappa shape index (κ3) is 2.70. The van der Waals surface area contributed by atoms with E-state index >= 15 is 0 Å². The molecule has 0 aliphatic heterocycles. The highest BCUT2D eigenvalue weighted by Crippen LogP contribution is 2.19. The Bertz CT molecular complexity index is 544. The van der Waals surface area contributed by atoms with Gasteiger partial charge in [-0.2, -0.15) is 0 Å². The average Bonchev–Trinajstić information content (AvgIpc) is 2.80. The Morgan fingerprint density at radius 2 is 2.00 bits per heavy atom. The van der Waals surface area contributed by atoms with Crippen molar-refractivity contribution in [2.75, 3.05) is 0 Å². The molecule has 0 bridgehead atoms. The number of aromatic nitrogens is 3. The van der Waals surface area contributed by atoms with Gasteiger partial charge in [0.05, 0.1) is 5.51 Å². The number of rotatable bonds is 4. The predicted molar refractivity (Wildman–Crippen MR) is 68.6 cm³/mol. The minimum atomic E-state index is -0.808. The smallest absolute Gasteiger partial charge is 0.303 e. The van der Waals surface area contributed by atoms with Crippen molar-refractivity contribution < 1.29 is 9.90 Å². The number of hydrogen-bond donors (Lipinski definition) is 1. The summed E-state index contributed by atoms with van der Waals surface area (Å²) in [4.78, 5) is 23.6. The zero-order chi connectivity index (χ0) is 13.1. The Labute approximate surface area is 109 Å². The first kappa shape index (κ1) is 12.6. The number of thiazole rings is 1. The van der Waals surface area contributed by atoms with Crippen molar-refractivity contribution >= 4 is 17.3 Å². The lowest BCUT2D eigenvalue weighted by atomic mass is 10.1. The monoisotopic (exact) mass is 263 g/mol. The number of carboxylic acids is 1. The zero-order valence-electron chi connectivity index (χ0n) is 10.2. The topological polar surface area (TPSA) is 76.0 Å². The van der Waals surface area contributed by atoms with Gasteiger partial charge in [-0.15, -0.1) is 11.3 Å². The summed E-state index contributed by atoms with van der Waals surface area (Å²) < 4.78 is 0. The maximum absolute atomic E-state index is 10.6. The van der Waals surface area contributed by atoms with Gasteiger partial charge in [-0.1, -0.05) is 0 Å². The van der Waals surface area contributed by atoms with Crippen molar-refractivity contribution in [2.24, 2.45) is 0 Å². The summed E-state index contributed by atoms with van der Waals surface area (Å²) in [6.07, 6.45) is 0.561. The van der Waals surface area contributed by atoms with Gasteiger partial charge in [0.15, 0.2) is 5.82 Å². The summed E-state index contributed by atoms with van der Waals surface area (Å²) in [7, 11) is 0. The standard InChI is InChI=1S/C12H13N3O2S/c1-7-9(3-4-11(16)17)8(2)15-12(14-7)10-5-18-6-13-10/h5-6H,3-4H2,1-2H3,(H,16,17). The largest absolute Gasteiger partial charge is 0.481 e. The molecule has 1 N–H and O–H groups in total. The molecule has 0 saturated carbocycles. The summed E-state index contributed by atoms with van der Waals surface area (Å²) in [6, 6.07) is 0. The van der Waals surface area contributed by atoms with Crippen LogP contribution >= 0.6 is 11.3 Å². The number of aliphatic carboxylic acids is 1.